The molecule has 1 atom stereocenters. The topological polar surface area (TPSA) is 40.5 Å². The average Bonchev–Trinajstić information content (AvgIpc) is 2.48. The second-order valence-electron chi connectivity index (χ2n) is 5.61. The minimum Gasteiger partial charge on any atom is -0.396 e. The van der Waals surface area contributed by atoms with Crippen molar-refractivity contribution < 1.29 is 9.90 Å². The van der Waals surface area contributed by atoms with Crippen LogP contribution in [-0.4, -0.2) is 35.6 Å². The van der Waals surface area contributed by atoms with Crippen LogP contribution >= 0.6 is 11.6 Å². The molecular weight excluding hydrogens is 274 g/mol. The number of carbonyl (C=O) groups is 1. The fourth-order valence-corrected chi connectivity index (χ4v) is 2.85. The van der Waals surface area contributed by atoms with Crippen LogP contribution in [0.15, 0.2) is 18.2 Å². The first-order chi connectivity index (χ1) is 9.60. The van der Waals surface area contributed by atoms with E-state index in [0.29, 0.717) is 13.0 Å². The minimum absolute atomic E-state index is 0.178. The summed E-state index contributed by atoms with van der Waals surface area (Å²) in [4.78, 5) is 14.1. The predicted molar refractivity (Wildman–Crippen MR) is 80.9 cm³/mol. The van der Waals surface area contributed by atoms with E-state index in [1.54, 1.807) is 0 Å². The minimum atomic E-state index is 0.178. The van der Waals surface area contributed by atoms with Gasteiger partial charge >= 0.3 is 0 Å². The molecule has 3 nitrogen and oxygen atoms in total. The molecule has 20 heavy (non-hydrogen) atoms. The van der Waals surface area contributed by atoms with Crippen molar-refractivity contribution in [2.45, 2.75) is 32.6 Å². The Morgan fingerprint density at radius 2 is 2.30 bits per heavy atom. The highest BCUT2D eigenvalue weighted by molar-refractivity contribution is 6.31. The molecule has 110 valence electrons. The Kier molecular flexibility index (Phi) is 5.44. The lowest BCUT2D eigenvalue weighted by Gasteiger charge is -2.32. The van der Waals surface area contributed by atoms with Crippen LogP contribution in [0.4, 0.5) is 0 Å². The monoisotopic (exact) mass is 295 g/mol. The van der Waals surface area contributed by atoms with Crippen LogP contribution in [-0.2, 0) is 11.2 Å². The number of hydrogen-bond donors (Lipinski definition) is 1. The number of hydrogen-bond acceptors (Lipinski definition) is 2. The van der Waals surface area contributed by atoms with Crippen molar-refractivity contribution in [3.63, 3.8) is 0 Å². The van der Waals surface area contributed by atoms with Crippen LogP contribution in [0.2, 0.25) is 5.02 Å². The van der Waals surface area contributed by atoms with Gasteiger partial charge in [-0.15, -0.1) is 0 Å². The summed E-state index contributed by atoms with van der Waals surface area (Å²) in [5.74, 6) is 0.432. The van der Waals surface area contributed by atoms with Crippen molar-refractivity contribution in [3.8, 4) is 0 Å². The number of amides is 1. The molecule has 1 aliphatic heterocycles. The Hall–Kier alpha value is -1.06. The first-order valence-corrected chi connectivity index (χ1v) is 7.61. The van der Waals surface area contributed by atoms with E-state index < -0.39 is 0 Å². The summed E-state index contributed by atoms with van der Waals surface area (Å²) in [6, 6.07) is 5.96. The fraction of sp³-hybridized carbons (Fsp3) is 0.562. The van der Waals surface area contributed by atoms with E-state index in [-0.39, 0.29) is 18.4 Å². The summed E-state index contributed by atoms with van der Waals surface area (Å²) in [5, 5.41) is 9.96. The van der Waals surface area contributed by atoms with E-state index >= 15 is 0 Å². The van der Waals surface area contributed by atoms with Crippen molar-refractivity contribution in [2.75, 3.05) is 19.7 Å². The molecule has 0 aromatic heterocycles. The smallest absolute Gasteiger partial charge is 0.222 e. The number of rotatable bonds is 4. The van der Waals surface area contributed by atoms with Gasteiger partial charge in [0.2, 0.25) is 5.91 Å². The zero-order chi connectivity index (χ0) is 14.5. The van der Waals surface area contributed by atoms with Gasteiger partial charge in [-0.1, -0.05) is 23.7 Å². The largest absolute Gasteiger partial charge is 0.396 e. The SMILES string of the molecule is Cc1ccc(CCC(=O)N2CCCC(CO)C2)cc1Cl. The third kappa shape index (κ3) is 3.97. The number of nitrogens with zero attached hydrogens (tertiary/aromatic N) is 1. The lowest BCUT2D eigenvalue weighted by molar-refractivity contribution is -0.133. The molecule has 1 aliphatic rings. The summed E-state index contributed by atoms with van der Waals surface area (Å²) in [6.45, 7) is 3.67. The number of carbonyl (C=O) groups excluding carboxylic acids is 1. The second-order valence-corrected chi connectivity index (χ2v) is 6.02. The Balaban J connectivity index is 1.86. The van der Waals surface area contributed by atoms with Gasteiger partial charge in [-0.25, -0.2) is 0 Å². The first-order valence-electron chi connectivity index (χ1n) is 7.24. The second kappa shape index (κ2) is 7.09. The summed E-state index contributed by atoms with van der Waals surface area (Å²) in [5.41, 5.74) is 2.16. The van der Waals surface area contributed by atoms with Crippen LogP contribution in [0.5, 0.6) is 0 Å². The zero-order valence-corrected chi connectivity index (χ0v) is 12.7. The Morgan fingerprint density at radius 3 is 3.00 bits per heavy atom. The van der Waals surface area contributed by atoms with E-state index in [9.17, 15) is 9.90 Å². The van der Waals surface area contributed by atoms with Crippen molar-refractivity contribution in [1.82, 2.24) is 4.90 Å². The van der Waals surface area contributed by atoms with Crippen LogP contribution in [0, 0.1) is 12.8 Å². The number of aliphatic hydroxyl groups is 1. The average molecular weight is 296 g/mol. The third-order valence-electron chi connectivity index (χ3n) is 3.99. The summed E-state index contributed by atoms with van der Waals surface area (Å²) in [6.07, 6.45) is 3.25. The maximum Gasteiger partial charge on any atom is 0.222 e. The molecule has 0 aliphatic carbocycles. The van der Waals surface area contributed by atoms with E-state index in [1.807, 2.05) is 30.0 Å². The highest BCUT2D eigenvalue weighted by atomic mass is 35.5. The maximum atomic E-state index is 12.2. The Labute approximate surface area is 125 Å². The summed E-state index contributed by atoms with van der Waals surface area (Å²) in [7, 11) is 0. The van der Waals surface area contributed by atoms with Gasteiger partial charge in [-0.3, -0.25) is 4.79 Å². The lowest BCUT2D eigenvalue weighted by atomic mass is 9.98. The molecule has 0 bridgehead atoms. The van der Waals surface area contributed by atoms with Crippen LogP contribution < -0.4 is 0 Å². The van der Waals surface area contributed by atoms with Crippen molar-refractivity contribution >= 4 is 17.5 Å². The molecule has 2 rings (SSSR count). The molecule has 1 unspecified atom stereocenters. The van der Waals surface area contributed by atoms with E-state index in [4.69, 9.17) is 11.6 Å². The highest BCUT2D eigenvalue weighted by Crippen LogP contribution is 2.19. The number of halogens is 1. The van der Waals surface area contributed by atoms with E-state index in [2.05, 4.69) is 0 Å². The van der Waals surface area contributed by atoms with Gasteiger partial charge in [-0.2, -0.15) is 0 Å². The molecule has 1 aromatic rings. The number of likely N-dealkylation sites (tertiary alicyclic amines) is 1. The molecule has 1 N–H and O–H groups in total. The molecule has 1 amide bonds. The van der Waals surface area contributed by atoms with Gasteiger partial charge in [-0.05, 0) is 49.3 Å². The van der Waals surface area contributed by atoms with Crippen LogP contribution in [0.1, 0.15) is 30.4 Å². The summed E-state index contributed by atoms with van der Waals surface area (Å²) < 4.78 is 0. The van der Waals surface area contributed by atoms with Gasteiger partial charge in [0.05, 0.1) is 0 Å². The fourth-order valence-electron chi connectivity index (χ4n) is 2.64. The van der Waals surface area contributed by atoms with E-state index in [0.717, 1.165) is 42.0 Å². The van der Waals surface area contributed by atoms with Gasteiger partial charge in [0.25, 0.3) is 0 Å². The molecule has 1 saturated heterocycles. The van der Waals surface area contributed by atoms with Gasteiger partial charge < -0.3 is 10.0 Å². The number of piperidine rings is 1. The quantitative estimate of drug-likeness (QED) is 0.928. The lowest BCUT2D eigenvalue weighted by Crippen LogP contribution is -2.41. The van der Waals surface area contributed by atoms with Crippen molar-refractivity contribution in [1.29, 1.82) is 0 Å². The molecule has 4 heteroatoms. The van der Waals surface area contributed by atoms with Gasteiger partial charge in [0.15, 0.2) is 0 Å². The molecule has 0 saturated carbocycles. The van der Waals surface area contributed by atoms with Crippen molar-refractivity contribution in [2.24, 2.45) is 5.92 Å². The molecule has 1 fully saturated rings. The molecule has 0 radical (unpaired) electrons. The first kappa shape index (κ1) is 15.3. The van der Waals surface area contributed by atoms with Gasteiger partial charge in [0.1, 0.15) is 0 Å². The predicted octanol–water partition coefficient (Wildman–Crippen LogP) is 2.81. The molecule has 1 heterocycles. The zero-order valence-electron chi connectivity index (χ0n) is 11.9. The third-order valence-corrected chi connectivity index (χ3v) is 4.40. The van der Waals surface area contributed by atoms with Crippen LogP contribution in [0.25, 0.3) is 0 Å². The highest BCUT2D eigenvalue weighted by Gasteiger charge is 2.22. The Morgan fingerprint density at radius 1 is 1.50 bits per heavy atom. The van der Waals surface area contributed by atoms with E-state index in [1.165, 1.54) is 0 Å². The number of aliphatic hydroxyl groups excluding tert-OH is 1. The normalized spacial score (nSPS) is 19.1. The number of benzene rings is 1. The molecule has 1 aromatic carbocycles. The maximum absolute atomic E-state index is 12.2. The van der Waals surface area contributed by atoms with Gasteiger partial charge in [0, 0.05) is 31.1 Å². The molecule has 0 spiro atoms. The van der Waals surface area contributed by atoms with Crippen molar-refractivity contribution in [3.05, 3.63) is 34.3 Å². The Bertz CT molecular complexity index is 476. The number of aryl methyl sites for hydroxylation is 2. The summed E-state index contributed by atoms with van der Waals surface area (Å²) >= 11 is 6.09. The molecular formula is C16H22ClNO2. The van der Waals surface area contributed by atoms with Crippen LogP contribution in [0.3, 0.4) is 0 Å². The standard InChI is InChI=1S/C16H22ClNO2/c1-12-4-5-13(9-15(12)17)6-7-16(20)18-8-2-3-14(10-18)11-19/h4-5,9,14,19H,2-3,6-8,10-11H2,1H3.